The molecule has 1 unspecified atom stereocenters. The predicted octanol–water partition coefficient (Wildman–Crippen LogP) is 3.64. The van der Waals surface area contributed by atoms with Gasteiger partial charge in [-0.15, -0.1) is 0 Å². The van der Waals surface area contributed by atoms with Crippen molar-refractivity contribution in [3.63, 3.8) is 0 Å². The summed E-state index contributed by atoms with van der Waals surface area (Å²) >= 11 is 11.5. The zero-order valence-electron chi connectivity index (χ0n) is 16.2. The Morgan fingerprint density at radius 2 is 2.03 bits per heavy atom. The monoisotopic (exact) mass is 451 g/mol. The molecular formula is C20H19Cl2N3O5. The highest BCUT2D eigenvalue weighted by Gasteiger charge is 2.25. The molecule has 0 saturated carbocycles. The fourth-order valence-corrected chi connectivity index (χ4v) is 3.42. The molecule has 0 aliphatic heterocycles. The van der Waals surface area contributed by atoms with Crippen LogP contribution in [0.2, 0.25) is 5.02 Å². The molecule has 0 fully saturated rings. The van der Waals surface area contributed by atoms with Crippen molar-refractivity contribution in [3.05, 3.63) is 64.6 Å². The van der Waals surface area contributed by atoms with E-state index in [0.717, 1.165) is 5.69 Å². The molecule has 0 aliphatic rings. The van der Waals surface area contributed by atoms with Gasteiger partial charge in [-0.25, -0.2) is 9.78 Å². The Balaban J connectivity index is 2.17. The van der Waals surface area contributed by atoms with Gasteiger partial charge in [0.25, 0.3) is 5.56 Å². The van der Waals surface area contributed by atoms with Crippen LogP contribution in [0.25, 0.3) is 16.8 Å². The van der Waals surface area contributed by atoms with E-state index in [1.54, 1.807) is 35.4 Å². The van der Waals surface area contributed by atoms with Gasteiger partial charge < -0.3 is 18.3 Å². The molecule has 0 amide bonds. The SMILES string of the molecule is COCCC(C(=O)OCl)n1cc(OC)c(-c2cc(Cl)ccc2-n2ccnc2)cc1=O. The highest BCUT2D eigenvalue weighted by atomic mass is 35.5. The molecule has 0 aliphatic carbocycles. The summed E-state index contributed by atoms with van der Waals surface area (Å²) < 4.78 is 17.9. The molecule has 0 bridgehead atoms. The first-order chi connectivity index (χ1) is 14.5. The van der Waals surface area contributed by atoms with Crippen molar-refractivity contribution >= 4 is 29.4 Å². The summed E-state index contributed by atoms with van der Waals surface area (Å²) in [6.45, 7) is 0.228. The van der Waals surface area contributed by atoms with E-state index in [1.165, 1.54) is 31.0 Å². The zero-order valence-corrected chi connectivity index (χ0v) is 17.8. The minimum atomic E-state index is -0.967. The fourth-order valence-electron chi connectivity index (χ4n) is 3.15. The van der Waals surface area contributed by atoms with E-state index < -0.39 is 17.6 Å². The van der Waals surface area contributed by atoms with Crippen LogP contribution >= 0.6 is 23.5 Å². The smallest absolute Gasteiger partial charge is 0.347 e. The Hall–Kier alpha value is -2.81. The molecule has 1 aromatic carbocycles. The Labute approximate surface area is 182 Å². The molecule has 1 atom stereocenters. The quantitative estimate of drug-likeness (QED) is 0.519. The zero-order chi connectivity index (χ0) is 21.7. The number of benzene rings is 1. The summed E-state index contributed by atoms with van der Waals surface area (Å²) in [5, 5.41) is 0.490. The summed E-state index contributed by atoms with van der Waals surface area (Å²) in [5.74, 6) is -0.407. The van der Waals surface area contributed by atoms with E-state index in [9.17, 15) is 9.59 Å². The average molecular weight is 452 g/mol. The number of hydrogen-bond acceptors (Lipinski definition) is 6. The second-order valence-electron chi connectivity index (χ2n) is 6.33. The first kappa shape index (κ1) is 21.9. The number of aromatic nitrogens is 3. The number of hydrogen-bond donors (Lipinski definition) is 0. The second kappa shape index (κ2) is 9.80. The lowest BCUT2D eigenvalue weighted by Crippen LogP contribution is -2.30. The molecule has 10 heteroatoms. The fraction of sp³-hybridized carbons (Fsp3) is 0.250. The third-order valence-electron chi connectivity index (χ3n) is 4.57. The van der Waals surface area contributed by atoms with Gasteiger partial charge in [-0.05, 0) is 18.2 Å². The molecule has 3 aromatic rings. The van der Waals surface area contributed by atoms with Crippen molar-refractivity contribution in [2.24, 2.45) is 0 Å². The van der Waals surface area contributed by atoms with Crippen LogP contribution in [0.3, 0.4) is 0 Å². The third kappa shape index (κ3) is 4.51. The molecule has 2 heterocycles. The number of nitrogens with zero attached hydrogens (tertiary/aromatic N) is 3. The van der Waals surface area contributed by atoms with Crippen LogP contribution in [-0.4, -0.2) is 40.9 Å². The minimum absolute atomic E-state index is 0.196. The van der Waals surface area contributed by atoms with Gasteiger partial charge in [0.2, 0.25) is 0 Å². The van der Waals surface area contributed by atoms with Crippen LogP contribution in [0.1, 0.15) is 12.5 Å². The maximum Gasteiger partial charge on any atom is 0.347 e. The Morgan fingerprint density at radius 3 is 2.67 bits per heavy atom. The number of carbonyl (C=O) groups excluding carboxylic acids is 1. The van der Waals surface area contributed by atoms with E-state index in [2.05, 4.69) is 9.27 Å². The molecular weight excluding hydrogens is 433 g/mol. The first-order valence-electron chi connectivity index (χ1n) is 8.90. The topological polar surface area (TPSA) is 84.6 Å². The summed E-state index contributed by atoms with van der Waals surface area (Å²) in [4.78, 5) is 29.2. The number of pyridine rings is 1. The number of ether oxygens (including phenoxy) is 2. The van der Waals surface area contributed by atoms with E-state index in [0.29, 0.717) is 21.9 Å². The number of methoxy groups -OCH3 is 2. The number of rotatable bonds is 8. The maximum atomic E-state index is 13.0. The number of halogens is 2. The van der Waals surface area contributed by atoms with Crippen molar-refractivity contribution in [1.82, 2.24) is 14.1 Å². The summed E-state index contributed by atoms with van der Waals surface area (Å²) in [5.41, 5.74) is 1.48. The van der Waals surface area contributed by atoms with E-state index >= 15 is 0 Å². The molecule has 0 spiro atoms. The van der Waals surface area contributed by atoms with Gasteiger partial charge in [0.15, 0.2) is 0 Å². The van der Waals surface area contributed by atoms with Crippen LogP contribution < -0.4 is 10.3 Å². The van der Waals surface area contributed by atoms with Crippen molar-refractivity contribution in [3.8, 4) is 22.6 Å². The van der Waals surface area contributed by atoms with Gasteiger partial charge in [-0.3, -0.25) is 9.36 Å². The van der Waals surface area contributed by atoms with Gasteiger partial charge in [0.1, 0.15) is 23.7 Å². The van der Waals surface area contributed by atoms with Gasteiger partial charge in [0.05, 0.1) is 25.3 Å². The second-order valence-corrected chi connectivity index (χ2v) is 6.92. The van der Waals surface area contributed by atoms with E-state index in [-0.39, 0.29) is 13.0 Å². The molecule has 3 rings (SSSR count). The van der Waals surface area contributed by atoms with Crippen molar-refractivity contribution in [2.75, 3.05) is 20.8 Å². The molecule has 0 N–H and O–H groups in total. The lowest BCUT2D eigenvalue weighted by Gasteiger charge is -2.20. The Kier molecular flexibility index (Phi) is 7.15. The maximum absolute atomic E-state index is 13.0. The lowest BCUT2D eigenvalue weighted by molar-refractivity contribution is -0.138. The van der Waals surface area contributed by atoms with Gasteiger partial charge in [0, 0.05) is 54.7 Å². The highest BCUT2D eigenvalue weighted by Crippen LogP contribution is 2.35. The van der Waals surface area contributed by atoms with Crippen LogP contribution in [0, 0.1) is 0 Å². The molecule has 8 nitrogen and oxygen atoms in total. The van der Waals surface area contributed by atoms with E-state index in [1.807, 2.05) is 6.07 Å². The van der Waals surface area contributed by atoms with Gasteiger partial charge >= 0.3 is 5.97 Å². The van der Waals surface area contributed by atoms with Crippen molar-refractivity contribution in [2.45, 2.75) is 12.5 Å². The van der Waals surface area contributed by atoms with E-state index in [4.69, 9.17) is 32.9 Å². The van der Waals surface area contributed by atoms with Crippen LogP contribution in [-0.2, 0) is 13.8 Å². The largest absolute Gasteiger partial charge is 0.495 e. The molecule has 158 valence electrons. The lowest BCUT2D eigenvalue weighted by atomic mass is 10.0. The number of imidazole rings is 1. The van der Waals surface area contributed by atoms with Gasteiger partial charge in [-0.2, -0.15) is 0 Å². The van der Waals surface area contributed by atoms with Gasteiger partial charge in [-0.1, -0.05) is 11.6 Å². The molecule has 2 aromatic heterocycles. The average Bonchev–Trinajstić information content (AvgIpc) is 3.29. The van der Waals surface area contributed by atoms with Crippen molar-refractivity contribution < 1.29 is 18.6 Å². The van der Waals surface area contributed by atoms with Crippen LogP contribution in [0.5, 0.6) is 5.75 Å². The standard InChI is InChI=1S/C20H19Cl2N3O5/c1-28-8-5-17(20(27)30-22)25-11-18(29-2)15(10-19(25)26)14-9-13(21)3-4-16(14)24-7-6-23-12-24/h3-4,6-7,9-12,17H,5,8H2,1-2H3. The summed E-state index contributed by atoms with van der Waals surface area (Å²) in [6, 6.07) is 5.70. The Bertz CT molecular complexity index is 1080. The predicted molar refractivity (Wildman–Crippen MR) is 112 cm³/mol. The minimum Gasteiger partial charge on any atom is -0.495 e. The third-order valence-corrected chi connectivity index (χ3v) is 4.96. The summed E-state index contributed by atoms with van der Waals surface area (Å²) in [7, 11) is 2.96. The molecule has 30 heavy (non-hydrogen) atoms. The van der Waals surface area contributed by atoms with Crippen LogP contribution in [0.15, 0.2) is 54.0 Å². The highest BCUT2D eigenvalue weighted by molar-refractivity contribution is 6.31. The molecule has 0 saturated heterocycles. The normalized spacial score (nSPS) is 11.9. The molecule has 0 radical (unpaired) electrons. The number of carbonyl (C=O) groups is 1. The van der Waals surface area contributed by atoms with Crippen molar-refractivity contribution in [1.29, 1.82) is 0 Å². The first-order valence-corrected chi connectivity index (χ1v) is 9.58. The van der Waals surface area contributed by atoms with Crippen LogP contribution in [0.4, 0.5) is 0 Å². The summed E-state index contributed by atoms with van der Waals surface area (Å²) in [6.07, 6.45) is 6.70. The Morgan fingerprint density at radius 1 is 1.23 bits per heavy atom.